The number of hydrogen-bond acceptors (Lipinski definition) is 6. The molecule has 1 aliphatic heterocycles. The lowest BCUT2D eigenvalue weighted by Gasteiger charge is -2.33. The summed E-state index contributed by atoms with van der Waals surface area (Å²) in [6.45, 7) is 9.38. The minimum Gasteiger partial charge on any atom is -0.381 e. The standard InChI is InChI=1S/C34H39N5O4/c1-6-30-35-18-29(37-30)24-9-7-23(8-10-24)25-11-13-27-26(17-25)12-14-28-32(27)38-31(36-28)19-39(20-34(4)42-15-16-43-34)33(40)21(2)22(3)41-5/h7-14,17-18,21-22H,6,15-16,19-20H2,1-5H3,(H,35,37)(H,36,38)/t21-,22+/m0/s1. The number of aromatic amines is 2. The van der Waals surface area contributed by atoms with Crippen molar-refractivity contribution in [3.63, 3.8) is 0 Å². The number of H-pyrrole nitrogens is 2. The van der Waals surface area contributed by atoms with Crippen molar-refractivity contribution < 1.29 is 19.0 Å². The lowest BCUT2D eigenvalue weighted by Crippen LogP contribution is -2.47. The quantitative estimate of drug-likeness (QED) is 0.207. The summed E-state index contributed by atoms with van der Waals surface area (Å²) in [4.78, 5) is 31.5. The first-order valence-corrected chi connectivity index (χ1v) is 14.9. The third-order valence-corrected chi connectivity index (χ3v) is 8.50. The van der Waals surface area contributed by atoms with Gasteiger partial charge in [-0.1, -0.05) is 56.3 Å². The molecule has 0 radical (unpaired) electrons. The van der Waals surface area contributed by atoms with Gasteiger partial charge in [-0.25, -0.2) is 9.97 Å². The highest BCUT2D eigenvalue weighted by Crippen LogP contribution is 2.31. The molecule has 3 heterocycles. The first-order valence-electron chi connectivity index (χ1n) is 14.9. The molecule has 1 saturated heterocycles. The molecule has 9 nitrogen and oxygen atoms in total. The highest BCUT2D eigenvalue weighted by atomic mass is 16.7. The van der Waals surface area contributed by atoms with E-state index < -0.39 is 5.79 Å². The zero-order chi connectivity index (χ0) is 30.1. The fourth-order valence-corrected chi connectivity index (χ4v) is 5.72. The van der Waals surface area contributed by atoms with Crippen LogP contribution in [0.3, 0.4) is 0 Å². The van der Waals surface area contributed by atoms with Gasteiger partial charge >= 0.3 is 0 Å². The molecule has 43 heavy (non-hydrogen) atoms. The topological polar surface area (TPSA) is 105 Å². The predicted molar refractivity (Wildman–Crippen MR) is 167 cm³/mol. The summed E-state index contributed by atoms with van der Waals surface area (Å²) in [6.07, 6.45) is 2.55. The Labute approximate surface area is 251 Å². The second-order valence-electron chi connectivity index (χ2n) is 11.5. The smallest absolute Gasteiger partial charge is 0.228 e. The van der Waals surface area contributed by atoms with Gasteiger partial charge < -0.3 is 29.1 Å². The number of carbonyl (C=O) groups excluding carboxylic acids is 1. The lowest BCUT2D eigenvalue weighted by molar-refractivity contribution is -0.171. The van der Waals surface area contributed by atoms with Gasteiger partial charge in [-0.05, 0) is 48.1 Å². The van der Waals surface area contributed by atoms with E-state index in [0.717, 1.165) is 56.4 Å². The molecular weight excluding hydrogens is 542 g/mol. The maximum absolute atomic E-state index is 13.6. The number of nitrogens with zero attached hydrogens (tertiary/aromatic N) is 3. The number of ether oxygens (including phenoxy) is 3. The molecular formula is C34H39N5O4. The van der Waals surface area contributed by atoms with Gasteiger partial charge in [0.2, 0.25) is 5.91 Å². The van der Waals surface area contributed by atoms with Crippen LogP contribution in [0, 0.1) is 5.92 Å². The van der Waals surface area contributed by atoms with Crippen LogP contribution in [0.5, 0.6) is 0 Å². The van der Waals surface area contributed by atoms with E-state index in [0.29, 0.717) is 32.1 Å². The molecule has 224 valence electrons. The van der Waals surface area contributed by atoms with Crippen molar-refractivity contribution in [1.29, 1.82) is 0 Å². The Hall–Kier alpha value is -4.05. The highest BCUT2D eigenvalue weighted by Gasteiger charge is 2.37. The summed E-state index contributed by atoms with van der Waals surface area (Å²) in [5.41, 5.74) is 6.22. The van der Waals surface area contributed by atoms with E-state index in [2.05, 4.69) is 76.5 Å². The molecule has 0 aliphatic carbocycles. The van der Waals surface area contributed by atoms with E-state index >= 15 is 0 Å². The van der Waals surface area contributed by atoms with Crippen LogP contribution in [0.25, 0.3) is 44.2 Å². The molecule has 3 aromatic carbocycles. The van der Waals surface area contributed by atoms with E-state index in [1.165, 1.54) is 0 Å². The van der Waals surface area contributed by atoms with Crippen LogP contribution in [-0.4, -0.2) is 69.5 Å². The van der Waals surface area contributed by atoms with Gasteiger partial charge in [-0.15, -0.1) is 0 Å². The third-order valence-electron chi connectivity index (χ3n) is 8.50. The number of hydrogen-bond donors (Lipinski definition) is 2. The molecule has 2 aromatic heterocycles. The number of aromatic nitrogens is 4. The molecule has 2 N–H and O–H groups in total. The molecule has 0 unspecified atom stereocenters. The van der Waals surface area contributed by atoms with Crippen LogP contribution < -0.4 is 0 Å². The van der Waals surface area contributed by atoms with Gasteiger partial charge in [0.25, 0.3) is 0 Å². The second-order valence-corrected chi connectivity index (χ2v) is 11.5. The second kappa shape index (κ2) is 11.9. The monoisotopic (exact) mass is 581 g/mol. The van der Waals surface area contributed by atoms with Crippen LogP contribution in [0.2, 0.25) is 0 Å². The molecule has 1 aliphatic rings. The van der Waals surface area contributed by atoms with E-state index in [-0.39, 0.29) is 17.9 Å². The molecule has 9 heteroatoms. The maximum Gasteiger partial charge on any atom is 0.228 e. The largest absolute Gasteiger partial charge is 0.381 e. The number of aryl methyl sites for hydroxylation is 1. The van der Waals surface area contributed by atoms with E-state index in [9.17, 15) is 4.79 Å². The maximum atomic E-state index is 13.6. The van der Waals surface area contributed by atoms with E-state index in [1.807, 2.05) is 27.0 Å². The SMILES string of the molecule is CCc1ncc(-c2ccc(-c3ccc4c(ccc5[nH]c(CN(CC6(C)OCCO6)C(=O)[C@@H](C)[C@@H](C)OC)nc54)c3)cc2)[nH]1. The molecule has 0 saturated carbocycles. The number of rotatable bonds is 10. The average molecular weight is 582 g/mol. The van der Waals surface area contributed by atoms with Gasteiger partial charge in [-0.3, -0.25) is 4.79 Å². The molecule has 0 spiro atoms. The van der Waals surface area contributed by atoms with Crippen LogP contribution in [0.4, 0.5) is 0 Å². The minimum atomic E-state index is -0.851. The normalized spacial score (nSPS) is 16.1. The molecule has 1 fully saturated rings. The number of fused-ring (bicyclic) bond motifs is 3. The summed E-state index contributed by atoms with van der Waals surface area (Å²) >= 11 is 0. The van der Waals surface area contributed by atoms with E-state index in [4.69, 9.17) is 19.2 Å². The van der Waals surface area contributed by atoms with Crippen molar-refractivity contribution in [2.75, 3.05) is 26.9 Å². The van der Waals surface area contributed by atoms with Gasteiger partial charge in [0.1, 0.15) is 11.6 Å². The fraction of sp³-hybridized carbons (Fsp3) is 0.382. The number of methoxy groups -OCH3 is 1. The third kappa shape index (κ3) is 5.93. The summed E-state index contributed by atoms with van der Waals surface area (Å²) in [5.74, 6) is 0.479. The number of benzene rings is 3. The van der Waals surface area contributed by atoms with Crippen LogP contribution in [0.1, 0.15) is 39.3 Å². The Kier molecular flexibility index (Phi) is 8.05. The number of carbonyl (C=O) groups is 1. The van der Waals surface area contributed by atoms with Crippen molar-refractivity contribution in [1.82, 2.24) is 24.8 Å². The van der Waals surface area contributed by atoms with Gasteiger partial charge in [0, 0.05) is 18.9 Å². The van der Waals surface area contributed by atoms with Gasteiger partial charge in [0.05, 0.1) is 61.2 Å². The lowest BCUT2D eigenvalue weighted by atomic mass is 9.99. The molecule has 6 rings (SSSR count). The van der Waals surface area contributed by atoms with E-state index in [1.54, 1.807) is 12.0 Å². The summed E-state index contributed by atoms with van der Waals surface area (Å²) in [6, 6.07) is 19.2. The zero-order valence-corrected chi connectivity index (χ0v) is 25.4. The summed E-state index contributed by atoms with van der Waals surface area (Å²) < 4.78 is 17.1. The van der Waals surface area contributed by atoms with Crippen molar-refractivity contribution >= 4 is 27.7 Å². The predicted octanol–water partition coefficient (Wildman–Crippen LogP) is 6.10. The molecule has 2 atom stereocenters. The van der Waals surface area contributed by atoms with Crippen LogP contribution in [-0.2, 0) is 32.0 Å². The van der Waals surface area contributed by atoms with Crippen LogP contribution in [0.15, 0.2) is 60.8 Å². The highest BCUT2D eigenvalue weighted by molar-refractivity contribution is 6.05. The van der Waals surface area contributed by atoms with Crippen molar-refractivity contribution in [3.05, 3.63) is 72.4 Å². The number of amides is 1. The zero-order valence-electron chi connectivity index (χ0n) is 25.4. The Bertz CT molecular complexity index is 1740. The first-order chi connectivity index (χ1) is 20.8. The van der Waals surface area contributed by atoms with Gasteiger partial charge in [0.15, 0.2) is 5.79 Å². The summed E-state index contributed by atoms with van der Waals surface area (Å²) in [7, 11) is 1.62. The van der Waals surface area contributed by atoms with Crippen LogP contribution >= 0.6 is 0 Å². The Morgan fingerprint density at radius 2 is 1.72 bits per heavy atom. The van der Waals surface area contributed by atoms with Crippen molar-refractivity contribution in [2.45, 2.75) is 52.6 Å². The first kappa shape index (κ1) is 29.0. The Morgan fingerprint density at radius 1 is 1.00 bits per heavy atom. The molecule has 5 aromatic rings. The minimum absolute atomic E-state index is 0.0333. The molecule has 1 amide bonds. The number of nitrogens with one attached hydrogen (secondary N) is 2. The Balaban J connectivity index is 1.26. The van der Waals surface area contributed by atoms with Gasteiger partial charge in [-0.2, -0.15) is 0 Å². The number of imidazole rings is 2. The summed E-state index contributed by atoms with van der Waals surface area (Å²) in [5, 5.41) is 2.16. The van der Waals surface area contributed by atoms with Crippen molar-refractivity contribution in [3.8, 4) is 22.4 Å². The Morgan fingerprint density at radius 3 is 2.42 bits per heavy atom. The fourth-order valence-electron chi connectivity index (χ4n) is 5.72. The average Bonchev–Trinajstić information content (AvgIpc) is 3.79. The molecule has 0 bridgehead atoms. The van der Waals surface area contributed by atoms with Crippen molar-refractivity contribution in [2.24, 2.45) is 5.92 Å².